The van der Waals surface area contributed by atoms with Crippen molar-refractivity contribution in [1.82, 2.24) is 10.4 Å². The number of methoxy groups -OCH3 is 1. The molecule has 0 aliphatic rings. The topological polar surface area (TPSA) is 116 Å². The van der Waals surface area contributed by atoms with E-state index < -0.39 is 4.92 Å². The summed E-state index contributed by atoms with van der Waals surface area (Å²) in [5, 5.41) is 18.0. The molecule has 0 radical (unpaired) electrons. The highest BCUT2D eigenvalue weighted by Gasteiger charge is 2.16. The van der Waals surface area contributed by atoms with Crippen molar-refractivity contribution in [2.45, 2.75) is 13.3 Å². The Balaban J connectivity index is 1.67. The van der Waals surface area contributed by atoms with Crippen LogP contribution in [0.5, 0.6) is 17.2 Å². The van der Waals surface area contributed by atoms with Crippen LogP contribution >= 0.6 is 11.3 Å². The van der Waals surface area contributed by atoms with E-state index in [1.165, 1.54) is 29.7 Å². The minimum Gasteiger partial charge on any atom is -0.497 e. The van der Waals surface area contributed by atoms with Gasteiger partial charge in [0.15, 0.2) is 0 Å². The van der Waals surface area contributed by atoms with Gasteiger partial charge in [0.25, 0.3) is 0 Å². The van der Waals surface area contributed by atoms with Gasteiger partial charge in [-0.3, -0.25) is 14.9 Å². The van der Waals surface area contributed by atoms with Crippen LogP contribution in [0.1, 0.15) is 16.3 Å². The Hall–Kier alpha value is -3.79. The molecule has 0 saturated heterocycles. The molecule has 0 aliphatic heterocycles. The molecule has 30 heavy (non-hydrogen) atoms. The van der Waals surface area contributed by atoms with Gasteiger partial charge in [-0.05, 0) is 43.3 Å². The molecular formula is C20H18N4O5S. The highest BCUT2D eigenvalue weighted by atomic mass is 32.1. The molecule has 0 aliphatic carbocycles. The minimum atomic E-state index is -0.542. The second-order valence-corrected chi connectivity index (χ2v) is 7.15. The SMILES string of the molecule is COc1ccc(Oc2ccc(/C=N\NC(=O)Cc3csc(C)n3)cc2[N+](=O)[O-])cc1. The van der Waals surface area contributed by atoms with Crippen LogP contribution in [0, 0.1) is 17.0 Å². The van der Waals surface area contributed by atoms with E-state index in [9.17, 15) is 14.9 Å². The quantitative estimate of drug-likeness (QED) is 0.332. The average molecular weight is 426 g/mol. The number of hydrogen-bond donors (Lipinski definition) is 1. The Morgan fingerprint density at radius 1 is 1.27 bits per heavy atom. The van der Waals surface area contributed by atoms with E-state index in [4.69, 9.17) is 9.47 Å². The number of carbonyl (C=O) groups is 1. The zero-order chi connectivity index (χ0) is 21.5. The number of nitro benzene ring substituents is 1. The molecule has 9 nitrogen and oxygen atoms in total. The lowest BCUT2D eigenvalue weighted by molar-refractivity contribution is -0.385. The Labute approximate surface area is 176 Å². The third kappa shape index (κ3) is 5.61. The molecule has 1 N–H and O–H groups in total. The first kappa shape index (κ1) is 20.9. The molecule has 1 heterocycles. The van der Waals surface area contributed by atoms with Crippen molar-refractivity contribution >= 4 is 29.1 Å². The number of nitrogens with one attached hydrogen (secondary N) is 1. The standard InChI is InChI=1S/C20H18N4O5S/c1-13-22-15(12-30-13)10-20(25)23-21-11-14-3-8-19(18(9-14)24(26)27)29-17-6-4-16(28-2)5-7-17/h3-9,11-12H,10H2,1-2H3,(H,23,25)/b21-11-. The first-order valence-corrected chi connectivity index (χ1v) is 9.66. The van der Waals surface area contributed by atoms with E-state index in [1.54, 1.807) is 37.4 Å². The Morgan fingerprint density at radius 3 is 2.63 bits per heavy atom. The number of nitrogens with zero attached hydrogens (tertiary/aromatic N) is 3. The van der Waals surface area contributed by atoms with E-state index in [-0.39, 0.29) is 23.8 Å². The van der Waals surface area contributed by atoms with Crippen molar-refractivity contribution in [3.05, 3.63) is 74.2 Å². The van der Waals surface area contributed by atoms with Gasteiger partial charge in [0.1, 0.15) is 11.5 Å². The number of carbonyl (C=O) groups excluding carboxylic acids is 1. The van der Waals surface area contributed by atoms with Crippen LogP contribution in [0.2, 0.25) is 0 Å². The average Bonchev–Trinajstić information content (AvgIpc) is 3.13. The maximum Gasteiger partial charge on any atom is 0.312 e. The fourth-order valence-electron chi connectivity index (χ4n) is 2.49. The number of ether oxygens (including phenoxy) is 2. The summed E-state index contributed by atoms with van der Waals surface area (Å²) >= 11 is 1.46. The van der Waals surface area contributed by atoms with Gasteiger partial charge < -0.3 is 9.47 Å². The molecule has 3 aromatic rings. The molecule has 0 spiro atoms. The Morgan fingerprint density at radius 2 is 2.00 bits per heavy atom. The van der Waals surface area contributed by atoms with Crippen molar-refractivity contribution in [3.63, 3.8) is 0 Å². The van der Waals surface area contributed by atoms with E-state index in [0.29, 0.717) is 22.8 Å². The van der Waals surface area contributed by atoms with Crippen molar-refractivity contribution < 1.29 is 19.2 Å². The van der Waals surface area contributed by atoms with Gasteiger partial charge in [0.2, 0.25) is 11.7 Å². The van der Waals surface area contributed by atoms with Crippen LogP contribution in [0.4, 0.5) is 5.69 Å². The highest BCUT2D eigenvalue weighted by molar-refractivity contribution is 7.09. The fraction of sp³-hybridized carbons (Fsp3) is 0.150. The number of hydrazone groups is 1. The van der Waals surface area contributed by atoms with Crippen LogP contribution in [0.3, 0.4) is 0 Å². The van der Waals surface area contributed by atoms with Crippen molar-refractivity contribution in [2.75, 3.05) is 7.11 Å². The summed E-state index contributed by atoms with van der Waals surface area (Å²) in [6, 6.07) is 11.1. The smallest absolute Gasteiger partial charge is 0.312 e. The number of benzene rings is 2. The van der Waals surface area contributed by atoms with Crippen molar-refractivity contribution in [3.8, 4) is 17.2 Å². The zero-order valence-corrected chi connectivity index (χ0v) is 17.0. The van der Waals surface area contributed by atoms with Gasteiger partial charge in [0, 0.05) is 17.0 Å². The lowest BCUT2D eigenvalue weighted by atomic mass is 10.2. The number of hydrogen-bond acceptors (Lipinski definition) is 8. The number of aryl methyl sites for hydroxylation is 1. The van der Waals surface area contributed by atoms with Crippen LogP contribution in [0.15, 0.2) is 52.9 Å². The van der Waals surface area contributed by atoms with Crippen LogP contribution < -0.4 is 14.9 Å². The lowest BCUT2D eigenvalue weighted by Crippen LogP contribution is -2.19. The largest absolute Gasteiger partial charge is 0.497 e. The van der Waals surface area contributed by atoms with Crippen molar-refractivity contribution in [2.24, 2.45) is 5.10 Å². The first-order chi connectivity index (χ1) is 14.4. The molecule has 3 rings (SSSR count). The number of rotatable bonds is 8. The summed E-state index contributed by atoms with van der Waals surface area (Å²) in [6.45, 7) is 1.86. The lowest BCUT2D eigenvalue weighted by Gasteiger charge is -2.07. The Bertz CT molecular complexity index is 1080. The second kappa shape index (κ2) is 9.61. The molecule has 154 valence electrons. The summed E-state index contributed by atoms with van der Waals surface area (Å²) in [6.07, 6.45) is 1.44. The number of amides is 1. The molecule has 1 amide bonds. The maximum absolute atomic E-state index is 11.9. The molecule has 0 saturated carbocycles. The Kier molecular flexibility index (Phi) is 6.71. The third-order valence-electron chi connectivity index (χ3n) is 3.88. The summed E-state index contributed by atoms with van der Waals surface area (Å²) in [4.78, 5) is 27.0. The molecule has 0 atom stereocenters. The van der Waals surface area contributed by atoms with Gasteiger partial charge >= 0.3 is 5.69 Å². The van der Waals surface area contributed by atoms with Crippen LogP contribution in [-0.2, 0) is 11.2 Å². The van der Waals surface area contributed by atoms with Crippen LogP contribution in [-0.4, -0.2) is 29.1 Å². The molecule has 2 aromatic carbocycles. The molecule has 1 aromatic heterocycles. The summed E-state index contributed by atoms with van der Waals surface area (Å²) in [5.74, 6) is 0.844. The normalized spacial score (nSPS) is 10.7. The second-order valence-electron chi connectivity index (χ2n) is 6.09. The zero-order valence-electron chi connectivity index (χ0n) is 16.2. The summed E-state index contributed by atoms with van der Waals surface area (Å²) < 4.78 is 10.7. The van der Waals surface area contributed by atoms with Gasteiger partial charge in [-0.25, -0.2) is 10.4 Å². The van der Waals surface area contributed by atoms with Crippen LogP contribution in [0.25, 0.3) is 0 Å². The van der Waals surface area contributed by atoms with E-state index in [2.05, 4.69) is 15.5 Å². The predicted molar refractivity (Wildman–Crippen MR) is 112 cm³/mol. The maximum atomic E-state index is 11.9. The van der Waals surface area contributed by atoms with E-state index >= 15 is 0 Å². The number of aromatic nitrogens is 1. The summed E-state index contributed by atoms with van der Waals surface area (Å²) in [7, 11) is 1.55. The predicted octanol–water partition coefficient (Wildman–Crippen LogP) is 3.85. The fourth-order valence-corrected chi connectivity index (χ4v) is 3.10. The first-order valence-electron chi connectivity index (χ1n) is 8.78. The van der Waals surface area contributed by atoms with E-state index in [0.717, 1.165) is 5.01 Å². The third-order valence-corrected chi connectivity index (χ3v) is 4.70. The van der Waals surface area contributed by atoms with Gasteiger partial charge in [-0.15, -0.1) is 11.3 Å². The number of thiazole rings is 1. The van der Waals surface area contributed by atoms with E-state index in [1.807, 2.05) is 12.3 Å². The summed E-state index contributed by atoms with van der Waals surface area (Å²) in [5.41, 5.74) is 3.27. The number of nitro groups is 1. The van der Waals surface area contributed by atoms with Gasteiger partial charge in [-0.2, -0.15) is 5.10 Å². The molecule has 0 fully saturated rings. The van der Waals surface area contributed by atoms with Crippen molar-refractivity contribution in [1.29, 1.82) is 0 Å². The molecular weight excluding hydrogens is 408 g/mol. The van der Waals surface area contributed by atoms with Gasteiger partial charge in [0.05, 0.1) is 35.4 Å². The monoisotopic (exact) mass is 426 g/mol. The molecule has 10 heteroatoms. The molecule has 0 unspecified atom stereocenters. The van der Waals surface area contributed by atoms with Gasteiger partial charge in [-0.1, -0.05) is 0 Å². The minimum absolute atomic E-state index is 0.0882. The molecule has 0 bridgehead atoms. The highest BCUT2D eigenvalue weighted by Crippen LogP contribution is 2.32.